The van der Waals surface area contributed by atoms with Crippen LogP contribution < -0.4 is 4.74 Å². The van der Waals surface area contributed by atoms with Crippen molar-refractivity contribution < 1.29 is 9.53 Å². The predicted octanol–water partition coefficient (Wildman–Crippen LogP) is 4.48. The summed E-state index contributed by atoms with van der Waals surface area (Å²) in [5.74, 6) is 1.79. The van der Waals surface area contributed by atoms with Crippen molar-refractivity contribution in [2.45, 2.75) is 32.9 Å². The van der Waals surface area contributed by atoms with Gasteiger partial charge in [0, 0.05) is 24.7 Å². The fourth-order valence-corrected chi connectivity index (χ4v) is 3.70. The van der Waals surface area contributed by atoms with Crippen LogP contribution in [0.4, 0.5) is 0 Å². The Hall–Kier alpha value is -2.75. The molecule has 1 amide bonds. The Balaban J connectivity index is 1.48. The van der Waals surface area contributed by atoms with E-state index in [-0.39, 0.29) is 5.91 Å². The van der Waals surface area contributed by atoms with Gasteiger partial charge < -0.3 is 14.2 Å². The zero-order valence-corrected chi connectivity index (χ0v) is 15.8. The number of benzene rings is 2. The molecule has 4 rings (SSSR count). The van der Waals surface area contributed by atoms with Crippen LogP contribution in [0.15, 0.2) is 60.8 Å². The largest absolute Gasteiger partial charge is 0.488 e. The SMILES string of the molecule is CC1CCN(C(=O)Cn2ccc3c(OCc4ccccc4)cccc32)CC1. The highest BCUT2D eigenvalue weighted by atomic mass is 16.5. The van der Waals surface area contributed by atoms with E-state index < -0.39 is 0 Å². The van der Waals surface area contributed by atoms with Gasteiger partial charge in [0.25, 0.3) is 0 Å². The number of piperidine rings is 1. The molecule has 1 fully saturated rings. The van der Waals surface area contributed by atoms with Crippen LogP contribution in [0.3, 0.4) is 0 Å². The minimum atomic E-state index is 0.204. The summed E-state index contributed by atoms with van der Waals surface area (Å²) in [4.78, 5) is 14.7. The van der Waals surface area contributed by atoms with Crippen molar-refractivity contribution in [1.82, 2.24) is 9.47 Å². The molecule has 0 bridgehead atoms. The van der Waals surface area contributed by atoms with Gasteiger partial charge in [-0.25, -0.2) is 0 Å². The average Bonchev–Trinajstić information content (AvgIpc) is 3.11. The summed E-state index contributed by atoms with van der Waals surface area (Å²) in [6.07, 6.45) is 4.20. The van der Waals surface area contributed by atoms with E-state index in [0.717, 1.165) is 54.1 Å². The van der Waals surface area contributed by atoms with Crippen LogP contribution in [0.2, 0.25) is 0 Å². The molecule has 0 radical (unpaired) electrons. The summed E-state index contributed by atoms with van der Waals surface area (Å²) in [7, 11) is 0. The summed E-state index contributed by atoms with van der Waals surface area (Å²) in [5, 5.41) is 1.05. The molecular weight excluding hydrogens is 336 g/mol. The summed E-state index contributed by atoms with van der Waals surface area (Å²) in [6.45, 7) is 4.95. The van der Waals surface area contributed by atoms with Crippen LogP contribution in [0.25, 0.3) is 10.9 Å². The molecule has 0 aliphatic carbocycles. The van der Waals surface area contributed by atoms with Gasteiger partial charge >= 0.3 is 0 Å². The van der Waals surface area contributed by atoms with Crippen LogP contribution in [0.5, 0.6) is 5.75 Å². The Morgan fingerprint density at radius 2 is 1.81 bits per heavy atom. The van der Waals surface area contributed by atoms with Crippen molar-refractivity contribution >= 4 is 16.8 Å². The molecule has 2 aromatic carbocycles. The fraction of sp³-hybridized carbons (Fsp3) is 0.348. The van der Waals surface area contributed by atoms with Gasteiger partial charge in [-0.15, -0.1) is 0 Å². The first-order chi connectivity index (χ1) is 13.2. The van der Waals surface area contributed by atoms with Crippen molar-refractivity contribution in [3.05, 3.63) is 66.4 Å². The molecule has 0 atom stereocenters. The minimum absolute atomic E-state index is 0.204. The first kappa shape index (κ1) is 17.7. The number of ether oxygens (including phenoxy) is 1. The topological polar surface area (TPSA) is 34.5 Å². The zero-order chi connectivity index (χ0) is 18.6. The van der Waals surface area contributed by atoms with Gasteiger partial charge in [-0.2, -0.15) is 0 Å². The normalized spacial score (nSPS) is 15.2. The Morgan fingerprint density at radius 1 is 1.04 bits per heavy atom. The second-order valence-electron chi connectivity index (χ2n) is 7.47. The van der Waals surface area contributed by atoms with Gasteiger partial charge in [-0.3, -0.25) is 4.79 Å². The van der Waals surface area contributed by atoms with E-state index in [1.165, 1.54) is 0 Å². The molecule has 0 unspecified atom stereocenters. The molecule has 0 spiro atoms. The smallest absolute Gasteiger partial charge is 0.242 e. The third-order valence-electron chi connectivity index (χ3n) is 5.45. The number of carbonyl (C=O) groups excluding carboxylic acids is 1. The van der Waals surface area contributed by atoms with Gasteiger partial charge in [0.05, 0.1) is 5.52 Å². The Labute approximate surface area is 160 Å². The average molecular weight is 362 g/mol. The highest BCUT2D eigenvalue weighted by molar-refractivity contribution is 5.88. The van der Waals surface area contributed by atoms with E-state index >= 15 is 0 Å². The molecule has 1 aliphatic heterocycles. The van der Waals surface area contributed by atoms with Crippen LogP contribution in [0, 0.1) is 5.92 Å². The van der Waals surface area contributed by atoms with Crippen LogP contribution >= 0.6 is 0 Å². The van der Waals surface area contributed by atoms with Gasteiger partial charge in [0.15, 0.2) is 0 Å². The van der Waals surface area contributed by atoms with Crippen molar-refractivity contribution in [3.8, 4) is 5.75 Å². The third-order valence-corrected chi connectivity index (χ3v) is 5.45. The molecule has 0 N–H and O–H groups in total. The summed E-state index contributed by atoms with van der Waals surface area (Å²) < 4.78 is 8.08. The van der Waals surface area contributed by atoms with E-state index in [1.54, 1.807) is 0 Å². The van der Waals surface area contributed by atoms with Crippen LogP contribution in [-0.4, -0.2) is 28.5 Å². The monoisotopic (exact) mass is 362 g/mol. The Kier molecular flexibility index (Phi) is 5.14. The number of hydrogen-bond acceptors (Lipinski definition) is 2. The lowest BCUT2D eigenvalue weighted by molar-refractivity contribution is -0.133. The lowest BCUT2D eigenvalue weighted by atomic mass is 9.99. The third kappa shape index (κ3) is 4.00. The van der Waals surface area contributed by atoms with Crippen molar-refractivity contribution in [3.63, 3.8) is 0 Å². The molecule has 4 nitrogen and oxygen atoms in total. The second-order valence-corrected chi connectivity index (χ2v) is 7.47. The van der Waals surface area contributed by atoms with E-state index in [4.69, 9.17) is 4.74 Å². The molecule has 2 heterocycles. The number of fused-ring (bicyclic) bond motifs is 1. The fourth-order valence-electron chi connectivity index (χ4n) is 3.70. The summed E-state index contributed by atoms with van der Waals surface area (Å²) in [6, 6.07) is 18.2. The first-order valence-corrected chi connectivity index (χ1v) is 9.73. The highest BCUT2D eigenvalue weighted by Crippen LogP contribution is 2.27. The molecule has 3 aromatic rings. The number of carbonyl (C=O) groups is 1. The number of amides is 1. The standard InChI is InChI=1S/C23H26N2O2/c1-18-10-13-24(14-11-18)23(26)16-25-15-12-20-21(25)8-5-9-22(20)27-17-19-6-3-2-4-7-19/h2-9,12,15,18H,10-11,13-14,16-17H2,1H3. The molecule has 1 aliphatic rings. The van der Waals surface area contributed by atoms with Gasteiger partial charge in [-0.05, 0) is 42.5 Å². The predicted molar refractivity (Wildman–Crippen MR) is 108 cm³/mol. The minimum Gasteiger partial charge on any atom is -0.488 e. The van der Waals surface area contributed by atoms with E-state index in [0.29, 0.717) is 13.2 Å². The zero-order valence-electron chi connectivity index (χ0n) is 15.8. The molecule has 140 valence electrons. The maximum Gasteiger partial charge on any atom is 0.242 e. The molecule has 27 heavy (non-hydrogen) atoms. The van der Waals surface area contributed by atoms with Gasteiger partial charge in [0.2, 0.25) is 5.91 Å². The maximum absolute atomic E-state index is 12.7. The number of nitrogens with zero attached hydrogens (tertiary/aromatic N) is 2. The lowest BCUT2D eigenvalue weighted by Gasteiger charge is -2.30. The molecular formula is C23H26N2O2. The maximum atomic E-state index is 12.7. The lowest BCUT2D eigenvalue weighted by Crippen LogP contribution is -2.39. The molecule has 1 aromatic heterocycles. The number of rotatable bonds is 5. The second kappa shape index (κ2) is 7.87. The van der Waals surface area contributed by atoms with Gasteiger partial charge in [0.1, 0.15) is 18.9 Å². The molecule has 0 saturated carbocycles. The summed E-state index contributed by atoms with van der Waals surface area (Å²) in [5.41, 5.74) is 2.18. The van der Waals surface area contributed by atoms with Crippen molar-refractivity contribution in [2.75, 3.05) is 13.1 Å². The number of aromatic nitrogens is 1. The summed E-state index contributed by atoms with van der Waals surface area (Å²) >= 11 is 0. The van der Waals surface area contributed by atoms with Crippen LogP contribution in [0.1, 0.15) is 25.3 Å². The number of likely N-dealkylation sites (tertiary alicyclic amines) is 1. The van der Waals surface area contributed by atoms with Gasteiger partial charge in [-0.1, -0.05) is 43.3 Å². The Bertz CT molecular complexity index is 909. The van der Waals surface area contributed by atoms with Crippen molar-refractivity contribution in [2.24, 2.45) is 5.92 Å². The first-order valence-electron chi connectivity index (χ1n) is 9.73. The van der Waals surface area contributed by atoms with E-state index in [9.17, 15) is 4.79 Å². The van der Waals surface area contributed by atoms with Crippen molar-refractivity contribution in [1.29, 1.82) is 0 Å². The number of hydrogen-bond donors (Lipinski definition) is 0. The van der Waals surface area contributed by atoms with E-state index in [2.05, 4.69) is 25.1 Å². The quantitative estimate of drug-likeness (QED) is 0.671. The Morgan fingerprint density at radius 3 is 2.59 bits per heavy atom. The van der Waals surface area contributed by atoms with Crippen LogP contribution in [-0.2, 0) is 17.9 Å². The van der Waals surface area contributed by atoms with E-state index in [1.807, 2.05) is 52.1 Å². The molecule has 1 saturated heterocycles. The highest BCUT2D eigenvalue weighted by Gasteiger charge is 2.21. The molecule has 4 heteroatoms.